The van der Waals surface area contributed by atoms with Crippen LogP contribution in [0.2, 0.25) is 0 Å². The third-order valence-corrected chi connectivity index (χ3v) is 2.79. The second-order valence-corrected chi connectivity index (χ2v) is 4.18. The van der Waals surface area contributed by atoms with Crippen LogP contribution < -0.4 is 5.56 Å². The van der Waals surface area contributed by atoms with Crippen LogP contribution in [0, 0.1) is 4.91 Å². The zero-order valence-corrected chi connectivity index (χ0v) is 10.1. The molecule has 0 aliphatic heterocycles. The van der Waals surface area contributed by atoms with Gasteiger partial charge in [0.15, 0.2) is 5.69 Å². The lowest BCUT2D eigenvalue weighted by atomic mass is 10.0. The summed E-state index contributed by atoms with van der Waals surface area (Å²) in [5.41, 5.74) is -7.15. The number of nitrogens with zero attached hydrogens (tertiary/aromatic N) is 1. The zero-order valence-electron chi connectivity index (χ0n) is 10.1. The number of hydrogen-bond donors (Lipinski definition) is 2. The molecule has 0 aliphatic rings. The number of aromatic nitrogens is 1. The fourth-order valence-electron chi connectivity index (χ4n) is 1.88. The first-order chi connectivity index (χ1) is 9.96. The Kier molecular flexibility index (Phi) is 3.38. The number of pyridine rings is 1. The van der Waals surface area contributed by atoms with Crippen molar-refractivity contribution in [3.8, 4) is 5.75 Å². The topological polar surface area (TPSA) is 82.5 Å². The summed E-state index contributed by atoms with van der Waals surface area (Å²) in [5, 5.41) is 10.3. The molecule has 0 radical (unpaired) electrons. The summed E-state index contributed by atoms with van der Waals surface area (Å²) in [7, 11) is 0. The van der Waals surface area contributed by atoms with E-state index in [1.54, 1.807) is 4.98 Å². The van der Waals surface area contributed by atoms with Gasteiger partial charge in [-0.2, -0.15) is 26.3 Å². The minimum atomic E-state index is -5.27. The van der Waals surface area contributed by atoms with Gasteiger partial charge in [0.05, 0.1) is 16.6 Å². The highest BCUT2D eigenvalue weighted by Gasteiger charge is 2.39. The molecule has 0 saturated carbocycles. The van der Waals surface area contributed by atoms with Crippen LogP contribution in [-0.4, -0.2) is 10.1 Å². The Morgan fingerprint density at radius 2 is 1.64 bits per heavy atom. The minimum absolute atomic E-state index is 0.222. The smallest absolute Gasteiger partial charge is 0.417 e. The molecule has 2 aromatic rings. The molecule has 0 fully saturated rings. The van der Waals surface area contributed by atoms with Crippen molar-refractivity contribution in [3.05, 3.63) is 38.5 Å². The average Bonchev–Trinajstić information content (AvgIpc) is 2.37. The van der Waals surface area contributed by atoms with Gasteiger partial charge in [-0.15, -0.1) is 4.91 Å². The van der Waals surface area contributed by atoms with Crippen LogP contribution in [-0.2, 0) is 12.4 Å². The number of fused-ring (bicyclic) bond motifs is 1. The van der Waals surface area contributed by atoms with Crippen molar-refractivity contribution in [1.29, 1.82) is 0 Å². The Bertz CT molecular complexity index is 822. The molecule has 1 aromatic carbocycles. The largest absolute Gasteiger partial charge is 0.501 e. The van der Waals surface area contributed by atoms with Crippen molar-refractivity contribution in [2.45, 2.75) is 12.4 Å². The van der Waals surface area contributed by atoms with Crippen molar-refractivity contribution in [2.24, 2.45) is 5.18 Å². The number of aromatic hydroxyl groups is 1. The van der Waals surface area contributed by atoms with Crippen LogP contribution in [0.5, 0.6) is 5.75 Å². The maximum Gasteiger partial charge on any atom is 0.417 e. The Morgan fingerprint density at radius 1 is 1.05 bits per heavy atom. The van der Waals surface area contributed by atoms with E-state index in [0.717, 1.165) is 0 Å². The van der Waals surface area contributed by atoms with Crippen molar-refractivity contribution in [1.82, 2.24) is 4.98 Å². The molecule has 0 amide bonds. The molecule has 118 valence electrons. The van der Waals surface area contributed by atoms with Gasteiger partial charge in [-0.05, 0) is 17.3 Å². The van der Waals surface area contributed by atoms with Gasteiger partial charge < -0.3 is 10.1 Å². The van der Waals surface area contributed by atoms with Crippen LogP contribution in [0.15, 0.2) is 22.1 Å². The fraction of sp³-hybridized carbons (Fsp3) is 0.182. The van der Waals surface area contributed by atoms with E-state index in [1.165, 1.54) is 0 Å². The van der Waals surface area contributed by atoms with Crippen molar-refractivity contribution >= 4 is 16.6 Å². The summed E-state index contributed by atoms with van der Waals surface area (Å²) in [6.07, 6.45) is -10.4. The lowest BCUT2D eigenvalue weighted by Crippen LogP contribution is -2.14. The summed E-state index contributed by atoms with van der Waals surface area (Å²) >= 11 is 0. The SMILES string of the molecule is O=Nc1c(O)c(=O)[nH]c2cc(C(F)(F)F)cc(C(F)(F)F)c12. The highest BCUT2D eigenvalue weighted by atomic mass is 19.4. The van der Waals surface area contributed by atoms with E-state index in [9.17, 15) is 41.2 Å². The lowest BCUT2D eigenvalue weighted by molar-refractivity contribution is -0.142. The maximum absolute atomic E-state index is 12.9. The molecule has 0 saturated heterocycles. The monoisotopic (exact) mass is 326 g/mol. The first-order valence-electron chi connectivity index (χ1n) is 5.37. The third kappa shape index (κ3) is 2.49. The molecule has 1 heterocycles. The van der Waals surface area contributed by atoms with Gasteiger partial charge in [-0.3, -0.25) is 4.79 Å². The highest BCUT2D eigenvalue weighted by Crippen LogP contribution is 2.43. The molecule has 0 aliphatic carbocycles. The maximum atomic E-state index is 12.9. The Balaban J connectivity index is 3.09. The Morgan fingerprint density at radius 3 is 2.09 bits per heavy atom. The molecule has 0 unspecified atom stereocenters. The van der Waals surface area contributed by atoms with Gasteiger partial charge >= 0.3 is 12.4 Å². The second kappa shape index (κ2) is 4.71. The van der Waals surface area contributed by atoms with Gasteiger partial charge in [0.25, 0.3) is 5.56 Å². The van der Waals surface area contributed by atoms with Gasteiger partial charge in [0.1, 0.15) is 0 Å². The number of benzene rings is 1. The van der Waals surface area contributed by atoms with Gasteiger partial charge in [-0.25, -0.2) is 0 Å². The molecule has 2 N–H and O–H groups in total. The number of halogens is 6. The third-order valence-electron chi connectivity index (χ3n) is 2.79. The summed E-state index contributed by atoms with van der Waals surface area (Å²) in [5.74, 6) is -1.41. The molecule has 0 spiro atoms. The predicted octanol–water partition coefficient (Wildman–Crippen LogP) is 3.67. The molecule has 22 heavy (non-hydrogen) atoms. The molecular weight excluding hydrogens is 322 g/mol. The van der Waals surface area contributed by atoms with E-state index in [2.05, 4.69) is 5.18 Å². The molecule has 0 bridgehead atoms. The average molecular weight is 326 g/mol. The number of hydrogen-bond acceptors (Lipinski definition) is 4. The van der Waals surface area contributed by atoms with Gasteiger partial charge in [-0.1, -0.05) is 0 Å². The Hall–Kier alpha value is -2.59. The van der Waals surface area contributed by atoms with E-state index >= 15 is 0 Å². The van der Waals surface area contributed by atoms with Crippen molar-refractivity contribution in [3.63, 3.8) is 0 Å². The number of H-pyrrole nitrogens is 1. The van der Waals surface area contributed by atoms with Gasteiger partial charge in [0.2, 0.25) is 5.75 Å². The van der Waals surface area contributed by atoms with Crippen LogP contribution in [0.25, 0.3) is 10.9 Å². The van der Waals surface area contributed by atoms with E-state index in [0.29, 0.717) is 0 Å². The highest BCUT2D eigenvalue weighted by molar-refractivity contribution is 5.96. The zero-order chi connectivity index (χ0) is 16.9. The van der Waals surface area contributed by atoms with E-state index < -0.39 is 51.4 Å². The fourth-order valence-corrected chi connectivity index (χ4v) is 1.88. The first kappa shape index (κ1) is 15.8. The minimum Gasteiger partial charge on any atom is -0.501 e. The van der Waals surface area contributed by atoms with E-state index in [4.69, 9.17) is 0 Å². The molecule has 2 rings (SSSR count). The quantitative estimate of drug-likeness (QED) is 0.619. The normalized spacial score (nSPS) is 12.6. The second-order valence-electron chi connectivity index (χ2n) is 4.18. The molecule has 11 heteroatoms. The van der Waals surface area contributed by atoms with Crippen LogP contribution in [0.3, 0.4) is 0 Å². The number of nitrogens with one attached hydrogen (secondary N) is 1. The number of rotatable bonds is 1. The van der Waals surface area contributed by atoms with Crippen molar-refractivity contribution < 1.29 is 31.4 Å². The van der Waals surface area contributed by atoms with Crippen LogP contribution >= 0.6 is 0 Å². The number of alkyl halides is 6. The summed E-state index contributed by atoms with van der Waals surface area (Å²) in [6.45, 7) is 0. The summed E-state index contributed by atoms with van der Waals surface area (Å²) in [4.78, 5) is 23.5. The van der Waals surface area contributed by atoms with E-state index in [-0.39, 0.29) is 12.1 Å². The molecule has 5 nitrogen and oxygen atoms in total. The van der Waals surface area contributed by atoms with Crippen molar-refractivity contribution in [2.75, 3.05) is 0 Å². The van der Waals surface area contributed by atoms with Crippen LogP contribution in [0.4, 0.5) is 32.0 Å². The standard InChI is InChI=1S/C11H4F6N2O3/c12-10(13,14)3-1-4(11(15,16)17)6-5(2-3)18-9(21)8(20)7(6)19-22/h1-2,20H,(H,18,21). The summed E-state index contributed by atoms with van der Waals surface area (Å²) in [6, 6.07) is -0.00510. The lowest BCUT2D eigenvalue weighted by Gasteiger charge is -2.15. The number of nitroso groups, excluding NO2 is 1. The summed E-state index contributed by atoms with van der Waals surface area (Å²) < 4.78 is 76.8. The Labute approximate surface area is 116 Å². The molecule has 0 atom stereocenters. The molecule has 1 aromatic heterocycles. The predicted molar refractivity (Wildman–Crippen MR) is 61.7 cm³/mol. The number of aromatic amines is 1. The van der Waals surface area contributed by atoms with Crippen LogP contribution in [0.1, 0.15) is 11.1 Å². The van der Waals surface area contributed by atoms with Gasteiger partial charge in [0, 0.05) is 5.39 Å². The first-order valence-corrected chi connectivity index (χ1v) is 5.37. The molecular formula is C11H4F6N2O3. The van der Waals surface area contributed by atoms with E-state index in [1.807, 2.05) is 0 Å².